The van der Waals surface area contributed by atoms with E-state index in [-0.39, 0.29) is 36.7 Å². The van der Waals surface area contributed by atoms with E-state index in [1.54, 1.807) is 0 Å². The second kappa shape index (κ2) is 4.03. The van der Waals surface area contributed by atoms with Gasteiger partial charge in [0.15, 0.2) is 16.3 Å². The van der Waals surface area contributed by atoms with Crippen molar-refractivity contribution in [2.75, 3.05) is 0 Å². The summed E-state index contributed by atoms with van der Waals surface area (Å²) in [7, 11) is 0. The smallest absolute Gasteiger partial charge is 0.194 e. The Morgan fingerprint density at radius 1 is 0.700 bits per heavy atom. The van der Waals surface area contributed by atoms with Crippen LogP contribution in [-0.4, -0.2) is 10.2 Å². The van der Waals surface area contributed by atoms with E-state index in [9.17, 15) is 24.6 Å². The van der Waals surface area contributed by atoms with Gasteiger partial charge < -0.3 is 10.2 Å². The van der Waals surface area contributed by atoms with E-state index in [1.807, 2.05) is 0 Å². The Morgan fingerprint density at radius 3 is 1.45 bits per heavy atom. The molecule has 0 aliphatic heterocycles. The summed E-state index contributed by atoms with van der Waals surface area (Å²) >= 11 is 0. The largest absolute Gasteiger partial charge is 0.515 e. The quantitative estimate of drug-likeness (QED) is 0.528. The molecule has 0 bridgehead atoms. The van der Waals surface area contributed by atoms with Crippen LogP contribution in [0.1, 0.15) is 0 Å². The highest BCUT2D eigenvalue weighted by molar-refractivity contribution is 5.32. The summed E-state index contributed by atoms with van der Waals surface area (Å²) in [5, 5.41) is 19.2. The zero-order valence-electron chi connectivity index (χ0n) is 10.1. The van der Waals surface area contributed by atoms with Gasteiger partial charge in [0.1, 0.15) is 0 Å². The second-order valence-corrected chi connectivity index (χ2v) is 4.39. The molecule has 0 spiro atoms. The first kappa shape index (κ1) is 12.1. The lowest BCUT2D eigenvalue weighted by Gasteiger charge is -1.89. The SMILES string of the molecule is O=c1ccc2c(=O)c3ccc(=O)c(=CO)c=3c=2c1=CO. The summed E-state index contributed by atoms with van der Waals surface area (Å²) in [5.41, 5.74) is -1.28. The van der Waals surface area contributed by atoms with Crippen molar-refractivity contribution in [2.24, 2.45) is 0 Å². The van der Waals surface area contributed by atoms with E-state index >= 15 is 0 Å². The molecule has 0 aromatic heterocycles. The Kier molecular flexibility index (Phi) is 2.44. The van der Waals surface area contributed by atoms with Gasteiger partial charge in [-0.05, 0) is 24.3 Å². The van der Waals surface area contributed by atoms with Crippen LogP contribution >= 0.6 is 0 Å². The summed E-state index contributed by atoms with van der Waals surface area (Å²) in [4.78, 5) is 35.8. The molecule has 0 fully saturated rings. The fourth-order valence-corrected chi connectivity index (χ4v) is 2.52. The van der Waals surface area contributed by atoms with Crippen molar-refractivity contribution >= 4 is 12.5 Å². The molecule has 0 radical (unpaired) electrons. The molecule has 0 saturated carbocycles. The van der Waals surface area contributed by atoms with E-state index in [2.05, 4.69) is 0 Å². The van der Waals surface area contributed by atoms with Crippen molar-refractivity contribution in [3.8, 4) is 0 Å². The number of hydrogen-bond acceptors (Lipinski definition) is 5. The number of aliphatic hydroxyl groups excluding tert-OH is 2. The van der Waals surface area contributed by atoms with Gasteiger partial charge in [-0.25, -0.2) is 0 Å². The minimum atomic E-state index is -0.466. The molecule has 0 amide bonds. The van der Waals surface area contributed by atoms with Crippen LogP contribution in [0, 0.1) is 20.9 Å². The molecule has 5 nitrogen and oxygen atoms in total. The number of rotatable bonds is 0. The van der Waals surface area contributed by atoms with Gasteiger partial charge in [-0.3, -0.25) is 14.4 Å². The lowest BCUT2D eigenvalue weighted by molar-refractivity contribution is 0.538. The van der Waals surface area contributed by atoms with E-state index in [4.69, 9.17) is 0 Å². The van der Waals surface area contributed by atoms with Crippen molar-refractivity contribution in [1.82, 2.24) is 0 Å². The minimum Gasteiger partial charge on any atom is -0.515 e. The zero-order valence-corrected chi connectivity index (χ0v) is 10.1. The summed E-state index contributed by atoms with van der Waals surface area (Å²) in [5.74, 6) is 0. The first-order valence-corrected chi connectivity index (χ1v) is 5.78. The monoisotopic (exact) mass is 268 g/mol. The van der Waals surface area contributed by atoms with Gasteiger partial charge in [-0.2, -0.15) is 0 Å². The Hall–Kier alpha value is -2.95. The molecular weight excluding hydrogens is 260 g/mol. The standard InChI is InChI=1S/C15H8O5/c16-5-9-11(18)3-1-7-13(9)14-8(15(7)20)2-4-12(19)10(14)6-17/h1-6,16-17H. The zero-order chi connectivity index (χ0) is 14.4. The summed E-state index contributed by atoms with van der Waals surface area (Å²) in [6.07, 6.45) is 1.23. The Labute approximate surface area is 110 Å². The molecule has 2 N–H and O–H groups in total. The first-order valence-electron chi connectivity index (χ1n) is 5.78. The molecule has 0 atom stereocenters. The van der Waals surface area contributed by atoms with Crippen LogP contribution in [0.2, 0.25) is 0 Å². The maximum atomic E-state index is 12.3. The number of aliphatic hydroxyl groups is 2. The molecular formula is C15H8O5. The first-order chi connectivity index (χ1) is 9.60. The maximum absolute atomic E-state index is 12.3. The molecule has 3 aliphatic carbocycles. The van der Waals surface area contributed by atoms with Gasteiger partial charge in [-0.15, -0.1) is 0 Å². The number of fused-ring (bicyclic) bond motifs is 1. The van der Waals surface area contributed by atoms with Crippen LogP contribution in [0.25, 0.3) is 12.5 Å². The van der Waals surface area contributed by atoms with Gasteiger partial charge in [-0.1, -0.05) is 0 Å². The third-order valence-electron chi connectivity index (χ3n) is 3.41. The highest BCUT2D eigenvalue weighted by Crippen LogP contribution is 1.94. The predicted molar refractivity (Wildman–Crippen MR) is 71.7 cm³/mol. The molecule has 3 rings (SSSR count). The van der Waals surface area contributed by atoms with Gasteiger partial charge in [0.2, 0.25) is 0 Å². The highest BCUT2D eigenvalue weighted by atomic mass is 16.2. The average Bonchev–Trinajstić information content (AvgIpc) is 2.72. The van der Waals surface area contributed by atoms with E-state index in [0.717, 1.165) is 0 Å². The van der Waals surface area contributed by atoms with Crippen molar-refractivity contribution < 1.29 is 10.2 Å². The molecule has 3 aliphatic rings. The van der Waals surface area contributed by atoms with Gasteiger partial charge in [0.25, 0.3) is 0 Å². The molecule has 0 heterocycles. The molecule has 0 saturated heterocycles. The van der Waals surface area contributed by atoms with E-state index in [1.165, 1.54) is 24.3 Å². The lowest BCUT2D eigenvalue weighted by Crippen LogP contribution is -2.29. The number of hydrogen-bond donors (Lipinski definition) is 2. The topological polar surface area (TPSA) is 91.7 Å². The van der Waals surface area contributed by atoms with Gasteiger partial charge >= 0.3 is 0 Å². The van der Waals surface area contributed by atoms with Crippen LogP contribution in [0.4, 0.5) is 0 Å². The molecule has 98 valence electrons. The second-order valence-electron chi connectivity index (χ2n) is 4.39. The van der Waals surface area contributed by atoms with Crippen LogP contribution in [0.3, 0.4) is 0 Å². The van der Waals surface area contributed by atoms with Gasteiger partial charge in [0, 0.05) is 20.9 Å². The van der Waals surface area contributed by atoms with Crippen LogP contribution in [0.5, 0.6) is 0 Å². The third kappa shape index (κ3) is 1.34. The fourth-order valence-electron chi connectivity index (χ4n) is 2.52. The molecule has 0 aromatic carbocycles. The molecule has 20 heavy (non-hydrogen) atoms. The molecule has 0 unspecified atom stereocenters. The minimum absolute atomic E-state index is 0.0664. The Morgan fingerprint density at radius 2 is 1.10 bits per heavy atom. The van der Waals surface area contributed by atoms with Crippen LogP contribution in [-0.2, 0) is 0 Å². The third-order valence-corrected chi connectivity index (χ3v) is 3.41. The van der Waals surface area contributed by atoms with Crippen LogP contribution < -0.4 is 26.7 Å². The van der Waals surface area contributed by atoms with Crippen molar-refractivity contribution in [3.05, 3.63) is 86.2 Å². The lowest BCUT2D eigenvalue weighted by atomic mass is 10.1. The van der Waals surface area contributed by atoms with Gasteiger partial charge in [0.05, 0.1) is 23.0 Å². The Bertz CT molecular complexity index is 1120. The normalized spacial score (nSPS) is 13.6. The van der Waals surface area contributed by atoms with E-state index in [0.29, 0.717) is 12.5 Å². The van der Waals surface area contributed by atoms with E-state index < -0.39 is 10.9 Å². The molecule has 5 heteroatoms. The van der Waals surface area contributed by atoms with Crippen molar-refractivity contribution in [1.29, 1.82) is 0 Å². The summed E-state index contributed by atoms with van der Waals surface area (Å²) in [6, 6.07) is 5.09. The Balaban J connectivity index is 3.07. The maximum Gasteiger partial charge on any atom is 0.194 e. The van der Waals surface area contributed by atoms with Crippen molar-refractivity contribution in [2.45, 2.75) is 0 Å². The highest BCUT2D eigenvalue weighted by Gasteiger charge is 2.09. The fraction of sp³-hybridized carbons (Fsp3) is 0. The van der Waals surface area contributed by atoms with Crippen molar-refractivity contribution in [3.63, 3.8) is 0 Å². The molecule has 0 aromatic rings. The summed E-state index contributed by atoms with van der Waals surface area (Å²) < 4.78 is 0. The van der Waals surface area contributed by atoms with Crippen LogP contribution in [0.15, 0.2) is 38.6 Å². The average molecular weight is 268 g/mol. The summed E-state index contributed by atoms with van der Waals surface area (Å²) in [6.45, 7) is 0. The predicted octanol–water partition coefficient (Wildman–Crippen LogP) is -1.32.